The van der Waals surface area contributed by atoms with E-state index in [1.807, 2.05) is 0 Å². The summed E-state index contributed by atoms with van der Waals surface area (Å²) in [6.45, 7) is -0.103. The maximum Gasteiger partial charge on any atom is 0.235 e. The largest absolute Gasteiger partial charge is 0.279 e. The van der Waals surface area contributed by atoms with Gasteiger partial charge in [-0.3, -0.25) is 9.69 Å². The molecule has 10 heteroatoms. The molecule has 1 saturated heterocycles. The van der Waals surface area contributed by atoms with E-state index in [1.165, 1.54) is 6.07 Å². The molecule has 1 aliphatic heterocycles. The van der Waals surface area contributed by atoms with E-state index in [-0.39, 0.29) is 29.2 Å². The maximum atomic E-state index is 11.7. The first kappa shape index (κ1) is 13.5. The molecule has 0 radical (unpaired) electrons. The van der Waals surface area contributed by atoms with Gasteiger partial charge in [-0.05, 0) is 0 Å². The van der Waals surface area contributed by atoms with Crippen LogP contribution in [0.25, 0.3) is 0 Å². The molecule has 0 saturated carbocycles. The lowest BCUT2D eigenvalue weighted by Gasteiger charge is -2.14. The maximum absolute atomic E-state index is 11.7. The third kappa shape index (κ3) is 2.72. The summed E-state index contributed by atoms with van der Waals surface area (Å²) in [7, 11) is -3.78. The Morgan fingerprint density at radius 3 is 2.33 bits per heavy atom. The number of nitrogens with zero attached hydrogens (tertiary/aromatic N) is 3. The highest BCUT2D eigenvalue weighted by Crippen LogP contribution is 2.24. The van der Waals surface area contributed by atoms with Crippen LogP contribution < -0.4 is 10.0 Å². The molecule has 1 atom stereocenters. The number of aromatic nitrogens is 2. The van der Waals surface area contributed by atoms with Crippen molar-refractivity contribution < 1.29 is 13.2 Å². The molecule has 1 fully saturated rings. The molecule has 7 nitrogen and oxygen atoms in total. The van der Waals surface area contributed by atoms with Crippen LogP contribution in [-0.4, -0.2) is 36.1 Å². The van der Waals surface area contributed by atoms with Crippen LogP contribution in [0.4, 0.5) is 5.95 Å². The summed E-state index contributed by atoms with van der Waals surface area (Å²) in [5.41, 5.74) is 0. The predicted octanol–water partition coefficient (Wildman–Crippen LogP) is 0.177. The van der Waals surface area contributed by atoms with Crippen molar-refractivity contribution in [1.29, 1.82) is 0 Å². The van der Waals surface area contributed by atoms with Crippen molar-refractivity contribution >= 4 is 45.1 Å². The minimum atomic E-state index is -3.78. The fourth-order valence-corrected chi connectivity index (χ4v) is 2.73. The van der Waals surface area contributed by atoms with Gasteiger partial charge >= 0.3 is 0 Å². The van der Waals surface area contributed by atoms with Gasteiger partial charge in [0.1, 0.15) is 15.6 Å². The van der Waals surface area contributed by atoms with Crippen molar-refractivity contribution in [2.24, 2.45) is 5.14 Å². The van der Waals surface area contributed by atoms with E-state index in [4.69, 9.17) is 28.3 Å². The van der Waals surface area contributed by atoms with Crippen molar-refractivity contribution in [2.75, 3.05) is 11.4 Å². The van der Waals surface area contributed by atoms with Crippen molar-refractivity contribution in [1.82, 2.24) is 9.97 Å². The molecule has 0 bridgehead atoms. The highest BCUT2D eigenvalue weighted by molar-refractivity contribution is 7.89. The molecule has 1 amide bonds. The Morgan fingerprint density at radius 1 is 1.33 bits per heavy atom. The van der Waals surface area contributed by atoms with Gasteiger partial charge in [0.2, 0.25) is 21.9 Å². The summed E-state index contributed by atoms with van der Waals surface area (Å²) >= 11 is 11.4. The van der Waals surface area contributed by atoms with Crippen LogP contribution >= 0.6 is 23.2 Å². The summed E-state index contributed by atoms with van der Waals surface area (Å²) in [5, 5.41) is 4.17. The molecule has 2 heterocycles. The zero-order chi connectivity index (χ0) is 13.5. The van der Waals surface area contributed by atoms with E-state index in [1.54, 1.807) is 0 Å². The van der Waals surface area contributed by atoms with Gasteiger partial charge in [-0.2, -0.15) is 0 Å². The molecule has 2 N–H and O–H groups in total. The monoisotopic (exact) mass is 310 g/mol. The van der Waals surface area contributed by atoms with Gasteiger partial charge in [-0.1, -0.05) is 23.2 Å². The number of hydrogen-bond acceptors (Lipinski definition) is 5. The average Bonchev–Trinajstić information content (AvgIpc) is 2.58. The first-order chi connectivity index (χ1) is 8.27. The highest BCUT2D eigenvalue weighted by atomic mass is 35.5. The molecular formula is C8H8Cl2N4O3S. The molecular weight excluding hydrogens is 303 g/mol. The summed E-state index contributed by atoms with van der Waals surface area (Å²) in [6.07, 6.45) is -0.202. The Hall–Kier alpha value is -0.960. The van der Waals surface area contributed by atoms with E-state index in [0.717, 1.165) is 4.90 Å². The van der Waals surface area contributed by atoms with Crippen LogP contribution in [0, 0.1) is 0 Å². The lowest BCUT2D eigenvalue weighted by molar-refractivity contribution is -0.117. The SMILES string of the molecule is NS(=O)(=O)C1CC(=O)N(c2nc(Cl)cc(Cl)n2)C1. The second-order valence-corrected chi connectivity index (χ2v) is 6.35. The second kappa shape index (κ2) is 4.61. The fraction of sp³-hybridized carbons (Fsp3) is 0.375. The Balaban J connectivity index is 2.32. The molecule has 98 valence electrons. The zero-order valence-corrected chi connectivity index (χ0v) is 11.2. The first-order valence-electron chi connectivity index (χ1n) is 4.79. The van der Waals surface area contributed by atoms with Crippen molar-refractivity contribution in [3.05, 3.63) is 16.4 Å². The number of nitrogens with two attached hydrogens (primary N) is 1. The van der Waals surface area contributed by atoms with Crippen molar-refractivity contribution in [3.8, 4) is 0 Å². The summed E-state index contributed by atoms with van der Waals surface area (Å²) in [6, 6.07) is 1.31. The number of carbonyl (C=O) groups excluding carboxylic acids is 1. The third-order valence-corrected chi connectivity index (χ3v) is 4.08. The van der Waals surface area contributed by atoms with E-state index >= 15 is 0 Å². The van der Waals surface area contributed by atoms with E-state index in [9.17, 15) is 13.2 Å². The van der Waals surface area contributed by atoms with Gasteiger partial charge in [0.25, 0.3) is 0 Å². The number of rotatable bonds is 2. The van der Waals surface area contributed by atoms with Crippen LogP contribution in [0.1, 0.15) is 6.42 Å². The summed E-state index contributed by atoms with van der Waals surface area (Å²) in [5.74, 6) is -0.462. The fourth-order valence-electron chi connectivity index (χ4n) is 1.59. The number of halogens is 2. The standard InChI is InChI=1S/C8H8Cl2N4O3S/c9-5-2-6(10)13-8(12-5)14-3-4(1-7(14)15)18(11,16)17/h2,4H,1,3H2,(H2,11,16,17). The average molecular weight is 311 g/mol. The highest BCUT2D eigenvalue weighted by Gasteiger charge is 2.38. The minimum absolute atomic E-state index is 0.0244. The number of hydrogen-bond donors (Lipinski definition) is 1. The molecule has 2 rings (SSSR count). The smallest absolute Gasteiger partial charge is 0.235 e. The van der Waals surface area contributed by atoms with Gasteiger partial charge in [-0.15, -0.1) is 0 Å². The number of sulfonamides is 1. The number of anilines is 1. The van der Waals surface area contributed by atoms with Gasteiger partial charge in [-0.25, -0.2) is 23.5 Å². The molecule has 1 unspecified atom stereocenters. The van der Waals surface area contributed by atoms with E-state index < -0.39 is 21.2 Å². The Bertz CT molecular complexity index is 586. The molecule has 1 aliphatic rings. The molecule has 0 spiro atoms. The van der Waals surface area contributed by atoms with Crippen LogP contribution in [0.5, 0.6) is 0 Å². The Kier molecular flexibility index (Phi) is 3.45. The van der Waals surface area contributed by atoms with Gasteiger partial charge in [0, 0.05) is 19.0 Å². The molecule has 0 aromatic carbocycles. The normalized spacial score (nSPS) is 20.5. The summed E-state index contributed by atoms with van der Waals surface area (Å²) < 4.78 is 22.4. The van der Waals surface area contributed by atoms with Crippen LogP contribution in [-0.2, 0) is 14.8 Å². The zero-order valence-electron chi connectivity index (χ0n) is 8.88. The molecule has 1 aromatic heterocycles. The van der Waals surface area contributed by atoms with Crippen LogP contribution in [0.15, 0.2) is 6.07 Å². The summed E-state index contributed by atoms with van der Waals surface area (Å²) in [4.78, 5) is 20.4. The lowest BCUT2D eigenvalue weighted by Crippen LogP contribution is -2.32. The molecule has 0 aliphatic carbocycles. The third-order valence-electron chi connectivity index (χ3n) is 2.45. The topological polar surface area (TPSA) is 106 Å². The van der Waals surface area contributed by atoms with Crippen LogP contribution in [0.2, 0.25) is 10.3 Å². The number of carbonyl (C=O) groups is 1. The van der Waals surface area contributed by atoms with Gasteiger partial charge in [0.05, 0.1) is 0 Å². The Morgan fingerprint density at radius 2 is 1.89 bits per heavy atom. The lowest BCUT2D eigenvalue weighted by atomic mass is 10.4. The first-order valence-corrected chi connectivity index (χ1v) is 7.16. The minimum Gasteiger partial charge on any atom is -0.279 e. The van der Waals surface area contributed by atoms with Gasteiger partial charge in [0.15, 0.2) is 0 Å². The van der Waals surface area contributed by atoms with E-state index in [0.29, 0.717) is 0 Å². The van der Waals surface area contributed by atoms with Crippen molar-refractivity contribution in [3.63, 3.8) is 0 Å². The predicted molar refractivity (Wildman–Crippen MR) is 65.9 cm³/mol. The van der Waals surface area contributed by atoms with Crippen LogP contribution in [0.3, 0.4) is 0 Å². The molecule has 18 heavy (non-hydrogen) atoms. The van der Waals surface area contributed by atoms with E-state index in [2.05, 4.69) is 9.97 Å². The number of primary sulfonamides is 1. The Labute approximate surface area is 113 Å². The second-order valence-electron chi connectivity index (χ2n) is 3.73. The number of amides is 1. The quantitative estimate of drug-likeness (QED) is 0.784. The van der Waals surface area contributed by atoms with Gasteiger partial charge < -0.3 is 0 Å². The van der Waals surface area contributed by atoms with Crippen molar-refractivity contribution in [2.45, 2.75) is 11.7 Å². The molecule has 1 aromatic rings.